The van der Waals surface area contributed by atoms with Gasteiger partial charge in [-0.2, -0.15) is 15.4 Å². The monoisotopic (exact) mass is 277 g/mol. The largest absolute Gasteiger partial charge is 0.356 e. The normalized spacial score (nSPS) is 28.9. The zero-order valence-electron chi connectivity index (χ0n) is 11.7. The molecule has 0 spiro atoms. The SMILES string of the molecule is Cc1n[nH]nc1C(=O)N(C)[C@H]1C[C@H]2CC(=O)NC[C@H]2C1. The summed E-state index contributed by atoms with van der Waals surface area (Å²) in [6.07, 6.45) is 2.44. The third-order valence-electron chi connectivity index (χ3n) is 4.62. The van der Waals surface area contributed by atoms with E-state index in [-0.39, 0.29) is 17.9 Å². The zero-order valence-corrected chi connectivity index (χ0v) is 11.7. The smallest absolute Gasteiger partial charge is 0.276 e. The van der Waals surface area contributed by atoms with Gasteiger partial charge in [0.1, 0.15) is 0 Å². The Morgan fingerprint density at radius 3 is 2.75 bits per heavy atom. The fraction of sp³-hybridized carbons (Fsp3) is 0.692. The van der Waals surface area contributed by atoms with E-state index in [0.29, 0.717) is 29.6 Å². The number of hydrogen-bond acceptors (Lipinski definition) is 4. The summed E-state index contributed by atoms with van der Waals surface area (Å²) >= 11 is 0. The van der Waals surface area contributed by atoms with E-state index in [9.17, 15) is 9.59 Å². The van der Waals surface area contributed by atoms with Crippen LogP contribution >= 0.6 is 0 Å². The van der Waals surface area contributed by atoms with Gasteiger partial charge in [0.25, 0.3) is 5.91 Å². The molecule has 1 aromatic rings. The summed E-state index contributed by atoms with van der Waals surface area (Å²) < 4.78 is 0. The molecule has 108 valence electrons. The number of piperidine rings is 1. The Labute approximate surface area is 117 Å². The van der Waals surface area contributed by atoms with Crippen LogP contribution in [-0.2, 0) is 4.79 Å². The summed E-state index contributed by atoms with van der Waals surface area (Å²) in [5.74, 6) is 0.932. The van der Waals surface area contributed by atoms with Gasteiger partial charge in [-0.3, -0.25) is 9.59 Å². The molecule has 0 bridgehead atoms. The Hall–Kier alpha value is -1.92. The summed E-state index contributed by atoms with van der Waals surface area (Å²) in [4.78, 5) is 25.6. The van der Waals surface area contributed by atoms with E-state index in [1.165, 1.54) is 0 Å². The van der Waals surface area contributed by atoms with Gasteiger partial charge in [0.15, 0.2) is 5.69 Å². The lowest BCUT2D eigenvalue weighted by molar-refractivity contribution is -0.124. The maximum atomic E-state index is 12.4. The number of fused-ring (bicyclic) bond motifs is 1. The Morgan fingerprint density at radius 1 is 1.30 bits per heavy atom. The van der Waals surface area contributed by atoms with Crippen molar-refractivity contribution in [2.24, 2.45) is 11.8 Å². The van der Waals surface area contributed by atoms with Crippen molar-refractivity contribution < 1.29 is 9.59 Å². The molecule has 1 aliphatic carbocycles. The molecule has 0 radical (unpaired) electrons. The van der Waals surface area contributed by atoms with E-state index in [4.69, 9.17) is 0 Å². The first kappa shape index (κ1) is 13.1. The number of carbonyl (C=O) groups is 2. The highest BCUT2D eigenvalue weighted by atomic mass is 16.2. The Morgan fingerprint density at radius 2 is 2.05 bits per heavy atom. The number of aryl methyl sites for hydroxylation is 1. The van der Waals surface area contributed by atoms with Gasteiger partial charge in [-0.25, -0.2) is 0 Å². The number of aromatic nitrogens is 3. The van der Waals surface area contributed by atoms with Crippen molar-refractivity contribution in [2.45, 2.75) is 32.2 Å². The third-order valence-corrected chi connectivity index (χ3v) is 4.62. The van der Waals surface area contributed by atoms with Crippen LogP contribution in [0.3, 0.4) is 0 Å². The van der Waals surface area contributed by atoms with Crippen LogP contribution in [0.1, 0.15) is 35.4 Å². The van der Waals surface area contributed by atoms with Crippen LogP contribution in [0.25, 0.3) is 0 Å². The van der Waals surface area contributed by atoms with Gasteiger partial charge >= 0.3 is 0 Å². The molecule has 2 heterocycles. The summed E-state index contributed by atoms with van der Waals surface area (Å²) in [7, 11) is 1.81. The average Bonchev–Trinajstić information content (AvgIpc) is 3.02. The molecule has 0 unspecified atom stereocenters. The predicted octanol–water partition coefficient (Wildman–Crippen LogP) is 0.0998. The van der Waals surface area contributed by atoms with Crippen molar-refractivity contribution in [1.82, 2.24) is 25.6 Å². The molecule has 1 saturated heterocycles. The van der Waals surface area contributed by atoms with Crippen LogP contribution in [0.2, 0.25) is 0 Å². The molecule has 20 heavy (non-hydrogen) atoms. The molecule has 1 saturated carbocycles. The molecule has 0 aromatic carbocycles. The fourth-order valence-electron chi connectivity index (χ4n) is 3.37. The second-order valence-electron chi connectivity index (χ2n) is 5.83. The molecule has 2 fully saturated rings. The minimum atomic E-state index is -0.0980. The second-order valence-corrected chi connectivity index (χ2v) is 5.83. The van der Waals surface area contributed by atoms with Gasteiger partial charge in [-0.15, -0.1) is 0 Å². The number of nitrogens with zero attached hydrogens (tertiary/aromatic N) is 3. The van der Waals surface area contributed by atoms with Crippen molar-refractivity contribution in [3.05, 3.63) is 11.4 Å². The molecular formula is C13H19N5O2. The lowest BCUT2D eigenvalue weighted by Gasteiger charge is -2.24. The number of H-pyrrole nitrogens is 1. The van der Waals surface area contributed by atoms with Gasteiger partial charge in [0.05, 0.1) is 5.69 Å². The number of amides is 2. The van der Waals surface area contributed by atoms with E-state index in [0.717, 1.165) is 19.4 Å². The van der Waals surface area contributed by atoms with E-state index in [1.54, 1.807) is 11.8 Å². The third kappa shape index (κ3) is 2.17. The molecule has 7 heteroatoms. The van der Waals surface area contributed by atoms with Crippen LogP contribution in [0.15, 0.2) is 0 Å². The lowest BCUT2D eigenvalue weighted by Crippen LogP contribution is -2.38. The summed E-state index contributed by atoms with van der Waals surface area (Å²) in [5, 5.41) is 13.2. The molecule has 3 rings (SSSR count). The van der Waals surface area contributed by atoms with Crippen molar-refractivity contribution in [3.8, 4) is 0 Å². The van der Waals surface area contributed by atoms with E-state index >= 15 is 0 Å². The number of carbonyl (C=O) groups excluding carboxylic acids is 2. The first-order valence-electron chi connectivity index (χ1n) is 6.97. The Bertz CT molecular complexity index is 541. The standard InChI is InChI=1S/C13H19N5O2/c1-7-12(16-17-15-7)13(20)18(2)10-3-8-5-11(19)14-6-9(8)4-10/h8-10H,3-6H2,1-2H3,(H,14,19)(H,15,16,17)/t8-,9+,10-/m0/s1. The quantitative estimate of drug-likeness (QED) is 0.802. The lowest BCUT2D eigenvalue weighted by atomic mass is 9.89. The molecule has 3 atom stereocenters. The number of rotatable bonds is 2. The van der Waals surface area contributed by atoms with E-state index in [2.05, 4.69) is 20.7 Å². The fourth-order valence-corrected chi connectivity index (χ4v) is 3.37. The molecule has 7 nitrogen and oxygen atoms in total. The zero-order chi connectivity index (χ0) is 14.3. The summed E-state index contributed by atoms with van der Waals surface area (Å²) in [5.41, 5.74) is 1.01. The maximum absolute atomic E-state index is 12.4. The van der Waals surface area contributed by atoms with Gasteiger partial charge < -0.3 is 10.2 Å². The highest BCUT2D eigenvalue weighted by molar-refractivity contribution is 5.93. The van der Waals surface area contributed by atoms with Crippen LogP contribution in [0, 0.1) is 18.8 Å². The minimum absolute atomic E-state index is 0.0980. The Kier molecular flexibility index (Phi) is 3.19. The molecule has 2 amide bonds. The molecular weight excluding hydrogens is 258 g/mol. The van der Waals surface area contributed by atoms with Crippen LogP contribution in [0.5, 0.6) is 0 Å². The first-order chi connectivity index (χ1) is 9.56. The van der Waals surface area contributed by atoms with Crippen LogP contribution in [-0.4, -0.2) is 51.8 Å². The predicted molar refractivity (Wildman–Crippen MR) is 70.8 cm³/mol. The summed E-state index contributed by atoms with van der Waals surface area (Å²) in [6.45, 7) is 2.51. The van der Waals surface area contributed by atoms with Gasteiger partial charge in [0, 0.05) is 26.1 Å². The first-order valence-corrected chi connectivity index (χ1v) is 6.97. The highest BCUT2D eigenvalue weighted by Gasteiger charge is 2.41. The van der Waals surface area contributed by atoms with Gasteiger partial charge in [0.2, 0.25) is 5.91 Å². The Balaban J connectivity index is 1.70. The second kappa shape index (κ2) is 4.88. The van der Waals surface area contributed by atoms with Crippen molar-refractivity contribution in [1.29, 1.82) is 0 Å². The molecule has 1 aliphatic heterocycles. The van der Waals surface area contributed by atoms with E-state index < -0.39 is 0 Å². The molecule has 1 aromatic heterocycles. The number of hydrogen-bond donors (Lipinski definition) is 2. The van der Waals surface area contributed by atoms with E-state index in [1.807, 2.05) is 7.05 Å². The topological polar surface area (TPSA) is 91.0 Å². The van der Waals surface area contributed by atoms with Crippen molar-refractivity contribution in [2.75, 3.05) is 13.6 Å². The van der Waals surface area contributed by atoms with Crippen molar-refractivity contribution in [3.63, 3.8) is 0 Å². The van der Waals surface area contributed by atoms with Crippen LogP contribution in [0.4, 0.5) is 0 Å². The average molecular weight is 277 g/mol. The summed E-state index contributed by atoms with van der Waals surface area (Å²) in [6, 6.07) is 0.182. The maximum Gasteiger partial charge on any atom is 0.276 e. The van der Waals surface area contributed by atoms with Crippen molar-refractivity contribution >= 4 is 11.8 Å². The minimum Gasteiger partial charge on any atom is -0.356 e. The number of nitrogens with one attached hydrogen (secondary N) is 2. The van der Waals surface area contributed by atoms with Gasteiger partial charge in [-0.05, 0) is 31.6 Å². The van der Waals surface area contributed by atoms with Gasteiger partial charge in [-0.1, -0.05) is 0 Å². The number of aromatic amines is 1. The molecule has 2 N–H and O–H groups in total. The van der Waals surface area contributed by atoms with Crippen LogP contribution < -0.4 is 5.32 Å². The molecule has 2 aliphatic rings. The highest BCUT2D eigenvalue weighted by Crippen LogP contribution is 2.38.